The van der Waals surface area contributed by atoms with E-state index in [0.717, 1.165) is 24.2 Å². The van der Waals surface area contributed by atoms with Crippen LogP contribution in [0.15, 0.2) is 24.3 Å². The van der Waals surface area contributed by atoms with Gasteiger partial charge in [-0.2, -0.15) is 0 Å². The van der Waals surface area contributed by atoms with E-state index < -0.39 is 5.41 Å². The van der Waals surface area contributed by atoms with Gasteiger partial charge in [0.1, 0.15) is 12.4 Å². The molecule has 1 aliphatic heterocycles. The molecule has 1 atom stereocenters. The lowest BCUT2D eigenvalue weighted by Crippen LogP contribution is -2.52. The van der Waals surface area contributed by atoms with Crippen molar-refractivity contribution in [2.45, 2.75) is 24.4 Å². The highest BCUT2D eigenvalue weighted by atomic mass is 16.5. The Morgan fingerprint density at radius 2 is 2.04 bits per heavy atom. The molecule has 26 heavy (non-hydrogen) atoms. The molecule has 7 heteroatoms. The molecule has 3 rings (SSSR count). The maximum absolute atomic E-state index is 12.7. The van der Waals surface area contributed by atoms with Crippen molar-refractivity contribution in [1.29, 1.82) is 0 Å². The zero-order valence-corrected chi connectivity index (χ0v) is 15.3. The molecule has 0 radical (unpaired) electrons. The summed E-state index contributed by atoms with van der Waals surface area (Å²) in [5.74, 6) is 0.759. The van der Waals surface area contributed by atoms with Gasteiger partial charge in [-0.25, -0.2) is 0 Å². The Hall–Kier alpha value is -2.12. The number of carbonyl (C=O) groups is 2. The fourth-order valence-electron chi connectivity index (χ4n) is 3.28. The SMILES string of the molecule is COCCN1CC(CNC(=O)C2(c3ccc(OC)cc3)CC2)OCC1=O. The maximum Gasteiger partial charge on any atom is 0.248 e. The fourth-order valence-corrected chi connectivity index (χ4v) is 3.28. The molecular weight excluding hydrogens is 336 g/mol. The molecule has 1 aromatic carbocycles. The quantitative estimate of drug-likeness (QED) is 0.737. The van der Waals surface area contributed by atoms with E-state index in [-0.39, 0.29) is 24.5 Å². The van der Waals surface area contributed by atoms with Crippen LogP contribution in [-0.2, 0) is 24.5 Å². The molecule has 1 aliphatic carbocycles. The van der Waals surface area contributed by atoms with Crippen molar-refractivity contribution >= 4 is 11.8 Å². The summed E-state index contributed by atoms with van der Waals surface area (Å²) in [4.78, 5) is 26.3. The van der Waals surface area contributed by atoms with Crippen LogP contribution in [0.1, 0.15) is 18.4 Å². The Labute approximate surface area is 153 Å². The van der Waals surface area contributed by atoms with E-state index in [1.54, 1.807) is 19.1 Å². The third-order valence-corrected chi connectivity index (χ3v) is 5.10. The van der Waals surface area contributed by atoms with Crippen molar-refractivity contribution in [2.75, 3.05) is 47.1 Å². The Morgan fingerprint density at radius 3 is 2.65 bits per heavy atom. The second-order valence-electron chi connectivity index (χ2n) is 6.79. The van der Waals surface area contributed by atoms with Gasteiger partial charge < -0.3 is 24.4 Å². The van der Waals surface area contributed by atoms with Crippen LogP contribution >= 0.6 is 0 Å². The molecule has 2 aliphatic rings. The zero-order chi connectivity index (χ0) is 18.6. The second-order valence-corrected chi connectivity index (χ2v) is 6.79. The van der Waals surface area contributed by atoms with Crippen molar-refractivity contribution in [3.05, 3.63) is 29.8 Å². The Kier molecular flexibility index (Phi) is 5.78. The third kappa shape index (κ3) is 3.99. The van der Waals surface area contributed by atoms with Crippen LogP contribution in [0.25, 0.3) is 0 Å². The monoisotopic (exact) mass is 362 g/mol. The molecule has 2 fully saturated rings. The van der Waals surface area contributed by atoms with Crippen molar-refractivity contribution in [1.82, 2.24) is 10.2 Å². The van der Waals surface area contributed by atoms with Crippen molar-refractivity contribution in [2.24, 2.45) is 0 Å². The number of methoxy groups -OCH3 is 2. The first-order chi connectivity index (χ1) is 12.6. The summed E-state index contributed by atoms with van der Waals surface area (Å²) in [6, 6.07) is 7.67. The number of benzene rings is 1. The van der Waals surface area contributed by atoms with Gasteiger partial charge in [-0.3, -0.25) is 9.59 Å². The first-order valence-electron chi connectivity index (χ1n) is 8.90. The summed E-state index contributed by atoms with van der Waals surface area (Å²) in [6.07, 6.45) is 1.49. The van der Waals surface area contributed by atoms with Crippen molar-refractivity contribution in [3.63, 3.8) is 0 Å². The van der Waals surface area contributed by atoms with E-state index in [9.17, 15) is 9.59 Å². The summed E-state index contributed by atoms with van der Waals surface area (Å²) in [5, 5.41) is 3.01. The lowest BCUT2D eigenvalue weighted by Gasteiger charge is -2.33. The van der Waals surface area contributed by atoms with Crippen LogP contribution in [0, 0.1) is 0 Å². The van der Waals surface area contributed by atoms with E-state index in [0.29, 0.717) is 26.2 Å². The number of rotatable bonds is 8. The molecule has 142 valence electrons. The highest BCUT2D eigenvalue weighted by Crippen LogP contribution is 2.48. The minimum Gasteiger partial charge on any atom is -0.497 e. The average molecular weight is 362 g/mol. The van der Waals surface area contributed by atoms with Crippen LogP contribution in [0.3, 0.4) is 0 Å². The van der Waals surface area contributed by atoms with Crippen molar-refractivity contribution < 1.29 is 23.8 Å². The fraction of sp³-hybridized carbons (Fsp3) is 0.579. The van der Waals surface area contributed by atoms with Gasteiger partial charge >= 0.3 is 0 Å². The molecule has 2 amide bonds. The molecule has 1 heterocycles. The Bertz CT molecular complexity index is 642. The van der Waals surface area contributed by atoms with Gasteiger partial charge in [-0.15, -0.1) is 0 Å². The molecule has 0 bridgehead atoms. The standard InChI is InChI=1S/C19H26N2O5/c1-24-10-9-21-12-16(26-13-17(21)22)11-20-18(23)19(7-8-19)14-3-5-15(25-2)6-4-14/h3-6,16H,7-13H2,1-2H3,(H,20,23). The molecular formula is C19H26N2O5. The molecule has 1 aromatic rings. The first-order valence-corrected chi connectivity index (χ1v) is 8.90. The van der Waals surface area contributed by atoms with Gasteiger partial charge in [0.2, 0.25) is 11.8 Å². The summed E-state index contributed by atoms with van der Waals surface area (Å²) >= 11 is 0. The third-order valence-electron chi connectivity index (χ3n) is 5.10. The predicted octanol–water partition coefficient (Wildman–Crippen LogP) is 0.717. The highest BCUT2D eigenvalue weighted by molar-refractivity contribution is 5.91. The molecule has 0 spiro atoms. The van der Waals surface area contributed by atoms with E-state index >= 15 is 0 Å². The van der Waals surface area contributed by atoms with E-state index in [2.05, 4.69) is 5.32 Å². The molecule has 1 unspecified atom stereocenters. The van der Waals surface area contributed by atoms with Crippen molar-refractivity contribution in [3.8, 4) is 5.75 Å². The second kappa shape index (κ2) is 8.05. The minimum atomic E-state index is -0.438. The predicted molar refractivity (Wildman–Crippen MR) is 95.1 cm³/mol. The number of ether oxygens (including phenoxy) is 3. The summed E-state index contributed by atoms with van der Waals surface area (Å²) in [6.45, 7) is 1.95. The van der Waals surface area contributed by atoms with Gasteiger partial charge in [0.25, 0.3) is 0 Å². The molecule has 1 saturated heterocycles. The summed E-state index contributed by atoms with van der Waals surface area (Å²) < 4.78 is 15.8. The lowest BCUT2D eigenvalue weighted by atomic mass is 9.95. The van der Waals surface area contributed by atoms with Crippen LogP contribution in [-0.4, -0.2) is 69.9 Å². The smallest absolute Gasteiger partial charge is 0.248 e. The van der Waals surface area contributed by atoms with E-state index in [1.165, 1.54) is 0 Å². The van der Waals surface area contributed by atoms with Crippen LogP contribution in [0.5, 0.6) is 5.75 Å². The maximum atomic E-state index is 12.7. The number of carbonyl (C=O) groups excluding carboxylic acids is 2. The van der Waals surface area contributed by atoms with Crippen LogP contribution in [0.2, 0.25) is 0 Å². The molecule has 1 N–H and O–H groups in total. The van der Waals surface area contributed by atoms with Gasteiger partial charge in [0.05, 0.1) is 25.2 Å². The normalized spacial score (nSPS) is 21.4. The average Bonchev–Trinajstić information content (AvgIpc) is 3.48. The minimum absolute atomic E-state index is 0.0200. The number of nitrogens with zero attached hydrogens (tertiary/aromatic N) is 1. The van der Waals surface area contributed by atoms with Gasteiger partial charge in [-0.1, -0.05) is 12.1 Å². The highest BCUT2D eigenvalue weighted by Gasteiger charge is 2.51. The van der Waals surface area contributed by atoms with E-state index in [1.807, 2.05) is 24.3 Å². The Morgan fingerprint density at radius 1 is 1.31 bits per heavy atom. The Balaban J connectivity index is 1.54. The number of morpholine rings is 1. The van der Waals surface area contributed by atoms with Gasteiger partial charge in [0, 0.05) is 26.7 Å². The van der Waals surface area contributed by atoms with Gasteiger partial charge in [-0.05, 0) is 30.5 Å². The number of hydrogen-bond donors (Lipinski definition) is 1. The summed E-state index contributed by atoms with van der Waals surface area (Å²) in [7, 11) is 3.23. The number of amides is 2. The first kappa shape index (κ1) is 18.7. The largest absolute Gasteiger partial charge is 0.497 e. The van der Waals surface area contributed by atoms with Gasteiger partial charge in [0.15, 0.2) is 0 Å². The zero-order valence-electron chi connectivity index (χ0n) is 15.3. The molecule has 0 aromatic heterocycles. The molecule has 7 nitrogen and oxygen atoms in total. The van der Waals surface area contributed by atoms with Crippen LogP contribution < -0.4 is 10.1 Å². The van der Waals surface area contributed by atoms with Crippen LogP contribution in [0.4, 0.5) is 0 Å². The number of nitrogens with one attached hydrogen (secondary N) is 1. The van der Waals surface area contributed by atoms with E-state index in [4.69, 9.17) is 14.2 Å². The number of hydrogen-bond acceptors (Lipinski definition) is 5. The molecule has 1 saturated carbocycles. The summed E-state index contributed by atoms with van der Waals surface area (Å²) in [5.41, 5.74) is 0.573. The lowest BCUT2D eigenvalue weighted by molar-refractivity contribution is -0.149. The topological polar surface area (TPSA) is 77.1 Å².